The fourth-order valence-electron chi connectivity index (χ4n) is 2.56. The predicted molar refractivity (Wildman–Crippen MR) is 89.5 cm³/mol. The SMILES string of the molecule is CC[C@@H](C(=O)OCc1cn2cc(Cl)ccc2n1)c1ccccc1. The Morgan fingerprint density at radius 1 is 1.22 bits per heavy atom. The number of carbonyl (C=O) groups excluding carboxylic acids is 1. The molecule has 2 heterocycles. The van der Waals surface area contributed by atoms with Gasteiger partial charge in [-0.3, -0.25) is 4.79 Å². The fourth-order valence-corrected chi connectivity index (χ4v) is 2.72. The molecule has 0 saturated heterocycles. The van der Waals surface area contributed by atoms with Crippen LogP contribution in [0.4, 0.5) is 0 Å². The molecule has 4 nitrogen and oxygen atoms in total. The molecule has 5 heteroatoms. The van der Waals surface area contributed by atoms with Gasteiger partial charge in [0.25, 0.3) is 0 Å². The Kier molecular flexibility index (Phi) is 4.63. The molecule has 0 aliphatic carbocycles. The van der Waals surface area contributed by atoms with E-state index in [2.05, 4.69) is 4.98 Å². The summed E-state index contributed by atoms with van der Waals surface area (Å²) >= 11 is 5.95. The summed E-state index contributed by atoms with van der Waals surface area (Å²) in [6, 6.07) is 13.3. The van der Waals surface area contributed by atoms with Gasteiger partial charge in [-0.15, -0.1) is 0 Å². The van der Waals surface area contributed by atoms with E-state index < -0.39 is 0 Å². The third kappa shape index (κ3) is 3.54. The fraction of sp³-hybridized carbons (Fsp3) is 0.222. The Morgan fingerprint density at radius 2 is 2.00 bits per heavy atom. The molecule has 1 aromatic carbocycles. The predicted octanol–water partition coefficient (Wildman–Crippen LogP) is 4.22. The second kappa shape index (κ2) is 6.84. The average Bonchev–Trinajstić information content (AvgIpc) is 2.96. The van der Waals surface area contributed by atoms with Crippen LogP contribution in [0.5, 0.6) is 0 Å². The highest BCUT2D eigenvalue weighted by Crippen LogP contribution is 2.21. The number of carbonyl (C=O) groups is 1. The highest BCUT2D eigenvalue weighted by molar-refractivity contribution is 6.30. The van der Waals surface area contributed by atoms with Crippen molar-refractivity contribution in [1.29, 1.82) is 0 Å². The van der Waals surface area contributed by atoms with Gasteiger partial charge in [0.1, 0.15) is 12.3 Å². The van der Waals surface area contributed by atoms with E-state index in [0.717, 1.165) is 11.2 Å². The molecule has 118 valence electrons. The van der Waals surface area contributed by atoms with E-state index in [1.165, 1.54) is 0 Å². The van der Waals surface area contributed by atoms with Gasteiger partial charge in [0, 0.05) is 12.4 Å². The standard InChI is InChI=1S/C18H17ClN2O2/c1-2-16(13-6-4-3-5-7-13)18(22)23-12-15-11-21-10-14(19)8-9-17(21)20-15/h3-11,16H,2,12H2,1H3/t16-/m1/s1. The van der Waals surface area contributed by atoms with Crippen molar-refractivity contribution in [1.82, 2.24) is 9.38 Å². The van der Waals surface area contributed by atoms with Crippen LogP contribution in [0.25, 0.3) is 5.65 Å². The summed E-state index contributed by atoms with van der Waals surface area (Å²) in [6.07, 6.45) is 4.29. The molecule has 0 saturated carbocycles. The van der Waals surface area contributed by atoms with Crippen LogP contribution in [0.2, 0.25) is 5.02 Å². The van der Waals surface area contributed by atoms with Crippen molar-refractivity contribution in [3.05, 3.63) is 71.1 Å². The number of hydrogen-bond donors (Lipinski definition) is 0. The zero-order chi connectivity index (χ0) is 16.2. The molecule has 0 bridgehead atoms. The Bertz CT molecular complexity index is 814. The highest BCUT2D eigenvalue weighted by Gasteiger charge is 2.20. The summed E-state index contributed by atoms with van der Waals surface area (Å²) in [5.74, 6) is -0.475. The largest absolute Gasteiger partial charge is 0.459 e. The molecule has 3 aromatic rings. The minimum absolute atomic E-state index is 0.154. The lowest BCUT2D eigenvalue weighted by molar-refractivity contribution is -0.147. The van der Waals surface area contributed by atoms with E-state index in [-0.39, 0.29) is 18.5 Å². The summed E-state index contributed by atoms with van der Waals surface area (Å²) in [5.41, 5.74) is 2.45. The summed E-state index contributed by atoms with van der Waals surface area (Å²) < 4.78 is 7.27. The maximum Gasteiger partial charge on any atom is 0.313 e. The number of aromatic nitrogens is 2. The van der Waals surface area contributed by atoms with Crippen LogP contribution in [-0.4, -0.2) is 15.4 Å². The third-order valence-electron chi connectivity index (χ3n) is 3.72. The smallest absolute Gasteiger partial charge is 0.313 e. The van der Waals surface area contributed by atoms with E-state index in [1.54, 1.807) is 12.3 Å². The zero-order valence-corrected chi connectivity index (χ0v) is 13.5. The number of esters is 1. The number of rotatable bonds is 5. The van der Waals surface area contributed by atoms with Gasteiger partial charge in [-0.2, -0.15) is 0 Å². The van der Waals surface area contributed by atoms with Crippen LogP contribution in [0.1, 0.15) is 30.5 Å². The van der Waals surface area contributed by atoms with E-state index in [9.17, 15) is 4.79 Å². The number of benzene rings is 1. The van der Waals surface area contributed by atoms with Gasteiger partial charge in [0.15, 0.2) is 0 Å². The topological polar surface area (TPSA) is 43.6 Å². The lowest BCUT2D eigenvalue weighted by Crippen LogP contribution is -2.15. The van der Waals surface area contributed by atoms with E-state index in [4.69, 9.17) is 16.3 Å². The molecule has 0 spiro atoms. The molecule has 0 amide bonds. The number of halogens is 1. The van der Waals surface area contributed by atoms with Gasteiger partial charge >= 0.3 is 5.97 Å². The number of ether oxygens (including phenoxy) is 1. The molecular formula is C18H17ClN2O2. The van der Waals surface area contributed by atoms with E-state index >= 15 is 0 Å². The second-order valence-corrected chi connectivity index (χ2v) is 5.76. The lowest BCUT2D eigenvalue weighted by Gasteiger charge is -2.13. The van der Waals surface area contributed by atoms with Gasteiger partial charge in [0.05, 0.1) is 16.6 Å². The Hall–Kier alpha value is -2.33. The van der Waals surface area contributed by atoms with Crippen LogP contribution in [0.15, 0.2) is 54.9 Å². The maximum atomic E-state index is 12.3. The Morgan fingerprint density at radius 3 is 2.74 bits per heavy atom. The number of fused-ring (bicyclic) bond motifs is 1. The first-order valence-electron chi connectivity index (χ1n) is 7.52. The van der Waals surface area contributed by atoms with Gasteiger partial charge in [-0.05, 0) is 24.1 Å². The number of hydrogen-bond acceptors (Lipinski definition) is 3. The molecule has 0 radical (unpaired) electrons. The molecule has 23 heavy (non-hydrogen) atoms. The van der Waals surface area contributed by atoms with Crippen LogP contribution in [-0.2, 0) is 16.1 Å². The first-order valence-corrected chi connectivity index (χ1v) is 7.90. The van der Waals surface area contributed by atoms with Crippen LogP contribution in [0.3, 0.4) is 0 Å². The molecule has 0 N–H and O–H groups in total. The molecule has 2 aromatic heterocycles. The van der Waals surface area contributed by atoms with Crippen molar-refractivity contribution in [2.75, 3.05) is 0 Å². The van der Waals surface area contributed by atoms with Crippen molar-refractivity contribution < 1.29 is 9.53 Å². The van der Waals surface area contributed by atoms with Crippen molar-refractivity contribution in [2.24, 2.45) is 0 Å². The number of imidazole rings is 1. The number of nitrogens with zero attached hydrogens (tertiary/aromatic N) is 2. The highest BCUT2D eigenvalue weighted by atomic mass is 35.5. The minimum atomic E-state index is -0.248. The van der Waals surface area contributed by atoms with E-state index in [1.807, 2.05) is 53.9 Å². The van der Waals surface area contributed by atoms with Crippen LogP contribution >= 0.6 is 11.6 Å². The van der Waals surface area contributed by atoms with Crippen LogP contribution < -0.4 is 0 Å². The molecule has 0 fully saturated rings. The van der Waals surface area contributed by atoms with Gasteiger partial charge in [0.2, 0.25) is 0 Å². The van der Waals surface area contributed by atoms with Crippen molar-refractivity contribution in [3.8, 4) is 0 Å². The zero-order valence-electron chi connectivity index (χ0n) is 12.8. The van der Waals surface area contributed by atoms with Gasteiger partial charge in [-0.25, -0.2) is 4.98 Å². The van der Waals surface area contributed by atoms with E-state index in [0.29, 0.717) is 17.1 Å². The summed E-state index contributed by atoms with van der Waals surface area (Å²) in [7, 11) is 0. The molecule has 3 rings (SSSR count). The molecule has 1 atom stereocenters. The Balaban J connectivity index is 1.69. The first kappa shape index (κ1) is 15.6. The lowest BCUT2D eigenvalue weighted by atomic mass is 9.97. The van der Waals surface area contributed by atoms with Crippen molar-refractivity contribution in [3.63, 3.8) is 0 Å². The summed E-state index contributed by atoms with van der Waals surface area (Å²) in [6.45, 7) is 2.13. The van der Waals surface area contributed by atoms with Gasteiger partial charge < -0.3 is 9.14 Å². The van der Waals surface area contributed by atoms with Crippen molar-refractivity contribution >= 4 is 23.2 Å². The maximum absolute atomic E-state index is 12.3. The Labute approximate surface area is 139 Å². The van der Waals surface area contributed by atoms with Crippen molar-refractivity contribution in [2.45, 2.75) is 25.9 Å². The molecule has 0 aliphatic heterocycles. The first-order chi connectivity index (χ1) is 11.2. The monoisotopic (exact) mass is 328 g/mol. The molecular weight excluding hydrogens is 312 g/mol. The van der Waals surface area contributed by atoms with Crippen LogP contribution in [0, 0.1) is 0 Å². The van der Waals surface area contributed by atoms with Gasteiger partial charge in [-0.1, -0.05) is 48.9 Å². The normalized spacial score (nSPS) is 12.3. The average molecular weight is 329 g/mol. The molecule has 0 unspecified atom stereocenters. The third-order valence-corrected chi connectivity index (χ3v) is 3.95. The quantitative estimate of drug-likeness (QED) is 0.658. The minimum Gasteiger partial charge on any atom is -0.459 e. The number of pyridine rings is 1. The summed E-state index contributed by atoms with van der Waals surface area (Å²) in [5, 5.41) is 0.633. The molecule has 0 aliphatic rings. The second-order valence-electron chi connectivity index (χ2n) is 5.32. The summed E-state index contributed by atoms with van der Waals surface area (Å²) in [4.78, 5) is 16.8.